The monoisotopic (exact) mass is 504 g/mol. The van der Waals surface area contributed by atoms with E-state index in [1.807, 2.05) is 13.8 Å². The Bertz CT molecular complexity index is 904. The maximum absolute atomic E-state index is 13.5. The fraction of sp³-hybridized carbons (Fsp3) is 0.579. The molecular weight excluding hydrogens is 481 g/mol. The van der Waals surface area contributed by atoms with Crippen LogP contribution in [0.5, 0.6) is 0 Å². The zero-order chi connectivity index (χ0) is 25.4. The lowest BCUT2D eigenvalue weighted by Crippen LogP contribution is -2.52. The molecule has 0 N–H and O–H groups in total. The van der Waals surface area contributed by atoms with Gasteiger partial charge in [-0.3, -0.25) is 4.79 Å². The Balaban J connectivity index is 2.98. The van der Waals surface area contributed by atoms with Crippen molar-refractivity contribution >= 4 is 27.7 Å². The van der Waals surface area contributed by atoms with Crippen LogP contribution in [0.25, 0.3) is 0 Å². The molecule has 0 aliphatic rings. The van der Waals surface area contributed by atoms with Crippen LogP contribution in [-0.4, -0.2) is 62.1 Å². The summed E-state index contributed by atoms with van der Waals surface area (Å²) in [5.41, 5.74) is -0.0994. The van der Waals surface area contributed by atoms with Crippen LogP contribution in [0.1, 0.15) is 43.5 Å². The number of rotatable bonds is 12. The molecule has 0 amide bonds. The molecule has 14 heteroatoms. The van der Waals surface area contributed by atoms with E-state index in [1.54, 1.807) is 4.90 Å². The van der Waals surface area contributed by atoms with E-state index in [9.17, 15) is 44.5 Å². The molecule has 0 bridgehead atoms. The predicted molar refractivity (Wildman–Crippen MR) is 105 cm³/mol. The second-order valence-electron chi connectivity index (χ2n) is 6.85. The van der Waals surface area contributed by atoms with Gasteiger partial charge >= 0.3 is 23.4 Å². The van der Waals surface area contributed by atoms with Gasteiger partial charge in [-0.1, -0.05) is 13.8 Å². The molecule has 0 heterocycles. The molecule has 8 nitrogen and oxygen atoms in total. The van der Waals surface area contributed by atoms with Gasteiger partial charge in [0.15, 0.2) is 10.1 Å². The molecule has 1 aromatic carbocycles. The summed E-state index contributed by atoms with van der Waals surface area (Å²) >= 11 is 0. The van der Waals surface area contributed by atoms with Gasteiger partial charge in [0.25, 0.3) is 6.10 Å². The highest BCUT2D eigenvalue weighted by Crippen LogP contribution is 2.38. The van der Waals surface area contributed by atoms with E-state index in [1.165, 1.54) is 12.1 Å². The number of nitrogens with zero attached hydrogens (tertiary/aromatic N) is 1. The molecule has 0 saturated carbocycles. The van der Waals surface area contributed by atoms with Crippen molar-refractivity contribution in [2.45, 2.75) is 50.6 Å². The summed E-state index contributed by atoms with van der Waals surface area (Å²) in [6.07, 6.45) is -8.94. The molecule has 0 spiro atoms. The first-order chi connectivity index (χ1) is 15.1. The van der Waals surface area contributed by atoms with Gasteiger partial charge in [0.2, 0.25) is 0 Å². The number of hydrogen-bond acceptors (Lipinski definition) is 8. The van der Waals surface area contributed by atoms with E-state index < -0.39 is 39.2 Å². The highest BCUT2D eigenvalue weighted by atomic mass is 32.2. The maximum Gasteiger partial charge on any atom is 0.432 e. The lowest BCUT2D eigenvalue weighted by molar-refractivity contribution is -0.248. The number of benzene rings is 1. The van der Waals surface area contributed by atoms with Crippen LogP contribution in [0.2, 0.25) is 0 Å². The van der Waals surface area contributed by atoms with Crippen LogP contribution in [0.4, 0.5) is 27.6 Å². The summed E-state index contributed by atoms with van der Waals surface area (Å²) in [6, 6.07) is 4.57. The molecule has 0 aliphatic heterocycles. The van der Waals surface area contributed by atoms with Crippen LogP contribution in [0, 0.1) is 0 Å². The third kappa shape index (κ3) is 8.11. The summed E-state index contributed by atoms with van der Waals surface area (Å²) in [4.78, 5) is 25.2. The van der Waals surface area contributed by atoms with E-state index in [-0.39, 0.29) is 25.5 Å². The number of halogens is 5. The van der Waals surface area contributed by atoms with Gasteiger partial charge in [-0.15, -0.1) is 0 Å². The van der Waals surface area contributed by atoms with Gasteiger partial charge < -0.3 is 18.9 Å². The molecular formula is C19H23F5NO7S-. The number of carbonyl (C=O) groups is 2. The zero-order valence-electron chi connectivity index (χ0n) is 17.7. The zero-order valence-corrected chi connectivity index (χ0v) is 18.5. The quantitative estimate of drug-likeness (QED) is 0.242. The highest BCUT2D eigenvalue weighted by Gasteiger charge is 2.63. The Morgan fingerprint density at radius 2 is 1.61 bits per heavy atom. The minimum Gasteiger partial charge on any atom is -0.743 e. The minimum absolute atomic E-state index is 0.0641. The first kappa shape index (κ1) is 28.6. The molecule has 0 aromatic heterocycles. The Morgan fingerprint density at radius 3 is 2.06 bits per heavy atom. The highest BCUT2D eigenvalue weighted by molar-refractivity contribution is 7.86. The van der Waals surface area contributed by atoms with Crippen LogP contribution in [-0.2, 0) is 24.4 Å². The molecule has 0 radical (unpaired) electrons. The lowest BCUT2D eigenvalue weighted by atomic mass is 10.2. The van der Waals surface area contributed by atoms with Gasteiger partial charge in [0.1, 0.15) is 6.61 Å². The predicted octanol–water partition coefficient (Wildman–Crippen LogP) is 3.47. The van der Waals surface area contributed by atoms with Crippen molar-refractivity contribution in [3.8, 4) is 0 Å². The van der Waals surface area contributed by atoms with Gasteiger partial charge in [0, 0.05) is 18.7 Å². The van der Waals surface area contributed by atoms with Crippen molar-refractivity contribution in [2.24, 2.45) is 0 Å². The van der Waals surface area contributed by atoms with Crippen molar-refractivity contribution in [3.63, 3.8) is 0 Å². The fourth-order valence-electron chi connectivity index (χ4n) is 2.63. The fourth-order valence-corrected chi connectivity index (χ4v) is 3.07. The van der Waals surface area contributed by atoms with Gasteiger partial charge in [-0.05, 0) is 37.1 Å². The number of alkyl halides is 5. The van der Waals surface area contributed by atoms with E-state index in [2.05, 4.69) is 4.74 Å². The van der Waals surface area contributed by atoms with Crippen LogP contribution >= 0.6 is 0 Å². The Morgan fingerprint density at radius 1 is 1.03 bits per heavy atom. The first-order valence-electron chi connectivity index (χ1n) is 9.76. The molecule has 0 fully saturated rings. The maximum atomic E-state index is 13.5. The van der Waals surface area contributed by atoms with E-state index in [0.29, 0.717) is 25.1 Å². The largest absolute Gasteiger partial charge is 0.743 e. The lowest BCUT2D eigenvalue weighted by Gasteiger charge is -2.29. The van der Waals surface area contributed by atoms with Crippen molar-refractivity contribution in [1.82, 2.24) is 0 Å². The van der Waals surface area contributed by atoms with Crippen molar-refractivity contribution in [3.05, 3.63) is 29.8 Å². The summed E-state index contributed by atoms with van der Waals surface area (Å²) in [6.45, 7) is 4.52. The molecule has 1 atom stereocenters. The van der Waals surface area contributed by atoms with Gasteiger partial charge in [-0.25, -0.2) is 13.2 Å². The SMILES string of the molecule is CCCC(=O)OCCN(CCC)c1ccc(C(=O)OC(C(F)(F)F)C(F)(F)S(=O)(=O)[O-])cc1. The number of esters is 2. The van der Waals surface area contributed by atoms with Crippen molar-refractivity contribution in [2.75, 3.05) is 24.6 Å². The van der Waals surface area contributed by atoms with E-state index in [4.69, 9.17) is 4.74 Å². The summed E-state index contributed by atoms with van der Waals surface area (Å²) in [5, 5.41) is -5.92. The van der Waals surface area contributed by atoms with Crippen LogP contribution < -0.4 is 4.90 Å². The normalized spacial score (nSPS) is 13.3. The topological polar surface area (TPSA) is 113 Å². The molecule has 1 rings (SSSR count). The van der Waals surface area contributed by atoms with Crippen LogP contribution in [0.3, 0.4) is 0 Å². The third-order valence-electron chi connectivity index (χ3n) is 4.20. The number of carbonyl (C=O) groups excluding carboxylic acids is 2. The van der Waals surface area contributed by atoms with Gasteiger partial charge in [-0.2, -0.15) is 22.0 Å². The molecule has 1 unspecified atom stereocenters. The average Bonchev–Trinajstić information content (AvgIpc) is 2.69. The molecule has 1 aromatic rings. The Hall–Kier alpha value is -2.48. The molecule has 0 saturated heterocycles. The van der Waals surface area contributed by atoms with Crippen molar-refractivity contribution in [1.29, 1.82) is 0 Å². The molecule has 0 aliphatic carbocycles. The van der Waals surface area contributed by atoms with E-state index in [0.717, 1.165) is 12.1 Å². The second-order valence-corrected chi connectivity index (χ2v) is 8.30. The number of anilines is 1. The van der Waals surface area contributed by atoms with Gasteiger partial charge in [0.05, 0.1) is 12.1 Å². The molecule has 188 valence electrons. The van der Waals surface area contributed by atoms with E-state index >= 15 is 0 Å². The summed E-state index contributed by atoms with van der Waals surface area (Å²) < 4.78 is 106. The third-order valence-corrected chi connectivity index (χ3v) is 5.08. The average molecular weight is 504 g/mol. The summed E-state index contributed by atoms with van der Waals surface area (Å²) in [7, 11) is -6.78. The van der Waals surface area contributed by atoms with Crippen LogP contribution in [0.15, 0.2) is 24.3 Å². The smallest absolute Gasteiger partial charge is 0.432 e. The standard InChI is InChI=1S/C19H24F5NO7S/c1-3-5-15(26)31-12-11-25(10-4-2)14-8-6-13(7-9-14)16(27)32-17(18(20,21)22)19(23,24)33(28,29)30/h6-9,17H,3-5,10-12H2,1-2H3,(H,28,29,30)/p-1. The first-order valence-corrected chi connectivity index (χ1v) is 11.2. The number of ether oxygens (including phenoxy) is 2. The minimum atomic E-state index is -6.78. The Labute approximate surface area is 187 Å². The van der Waals surface area contributed by atoms with Crippen molar-refractivity contribution < 1.29 is 54.0 Å². The molecule has 33 heavy (non-hydrogen) atoms. The second kappa shape index (κ2) is 11.6. The summed E-state index contributed by atoms with van der Waals surface area (Å²) in [5.74, 6) is -2.27. The Kier molecular flexibility index (Phi) is 10.0. The number of hydrogen-bond donors (Lipinski definition) is 0.